The zero-order chi connectivity index (χ0) is 19.8. The van der Waals surface area contributed by atoms with Crippen LogP contribution in [0.25, 0.3) is 0 Å². The summed E-state index contributed by atoms with van der Waals surface area (Å²) in [5.41, 5.74) is 3.33. The Morgan fingerprint density at radius 3 is 2.61 bits per heavy atom. The van der Waals surface area contributed by atoms with Crippen LogP contribution in [-0.4, -0.2) is 31.2 Å². The number of aromatic nitrogens is 1. The van der Waals surface area contributed by atoms with Crippen molar-refractivity contribution in [2.45, 2.75) is 51.8 Å². The number of nitrogens with one attached hydrogen (secondary N) is 2. The highest BCUT2D eigenvalue weighted by Crippen LogP contribution is 2.27. The van der Waals surface area contributed by atoms with E-state index in [1.54, 1.807) is 20.4 Å². The summed E-state index contributed by atoms with van der Waals surface area (Å²) in [6.07, 6.45) is 6.89. The highest BCUT2D eigenvalue weighted by molar-refractivity contribution is 5.79. The summed E-state index contributed by atoms with van der Waals surface area (Å²) in [5, 5.41) is 6.69. The molecule has 1 aliphatic rings. The zero-order valence-corrected chi connectivity index (χ0v) is 17.0. The molecule has 0 unspecified atom stereocenters. The summed E-state index contributed by atoms with van der Waals surface area (Å²) in [6.45, 7) is 3.32. The predicted octanol–water partition coefficient (Wildman–Crippen LogP) is 3.59. The van der Waals surface area contributed by atoms with Crippen LogP contribution in [0.2, 0.25) is 0 Å². The van der Waals surface area contributed by atoms with Gasteiger partial charge in [-0.25, -0.2) is 4.98 Å². The van der Waals surface area contributed by atoms with Gasteiger partial charge in [-0.1, -0.05) is 18.2 Å². The SMILES string of the molecule is CN=C(NCc1ccc(C)cc1OC1CCCC1)NCc1cccnc1OC. The third kappa shape index (κ3) is 5.38. The molecule has 0 radical (unpaired) electrons. The molecule has 2 aromatic rings. The number of benzene rings is 1. The van der Waals surface area contributed by atoms with Gasteiger partial charge in [-0.3, -0.25) is 4.99 Å². The second-order valence-corrected chi connectivity index (χ2v) is 7.09. The first-order valence-corrected chi connectivity index (χ1v) is 9.88. The summed E-state index contributed by atoms with van der Waals surface area (Å²) in [7, 11) is 3.39. The van der Waals surface area contributed by atoms with Gasteiger partial charge in [0.1, 0.15) is 5.75 Å². The van der Waals surface area contributed by atoms with Gasteiger partial charge >= 0.3 is 0 Å². The van der Waals surface area contributed by atoms with Gasteiger partial charge in [0.05, 0.1) is 13.2 Å². The van der Waals surface area contributed by atoms with E-state index in [0.717, 1.165) is 35.7 Å². The molecule has 1 aromatic heterocycles. The zero-order valence-electron chi connectivity index (χ0n) is 17.0. The lowest BCUT2D eigenvalue weighted by Gasteiger charge is -2.18. The normalized spacial score (nSPS) is 14.8. The van der Waals surface area contributed by atoms with Crippen molar-refractivity contribution in [2.75, 3.05) is 14.2 Å². The Balaban J connectivity index is 1.60. The number of pyridine rings is 1. The first-order valence-electron chi connectivity index (χ1n) is 9.88. The van der Waals surface area contributed by atoms with E-state index in [-0.39, 0.29) is 0 Å². The molecule has 3 rings (SSSR count). The quantitative estimate of drug-likeness (QED) is 0.566. The molecule has 6 heteroatoms. The molecule has 0 atom stereocenters. The largest absolute Gasteiger partial charge is 0.490 e. The Labute approximate surface area is 167 Å². The monoisotopic (exact) mass is 382 g/mol. The molecule has 1 heterocycles. The first-order chi connectivity index (χ1) is 13.7. The van der Waals surface area contributed by atoms with Gasteiger partial charge < -0.3 is 20.1 Å². The molecule has 0 spiro atoms. The molecule has 0 amide bonds. The molecule has 0 bridgehead atoms. The maximum Gasteiger partial charge on any atom is 0.218 e. The minimum absolute atomic E-state index is 0.344. The van der Waals surface area contributed by atoms with Crippen LogP contribution >= 0.6 is 0 Å². The van der Waals surface area contributed by atoms with Crippen molar-refractivity contribution in [3.63, 3.8) is 0 Å². The average molecular weight is 383 g/mol. The van der Waals surface area contributed by atoms with Gasteiger partial charge in [-0.05, 0) is 50.3 Å². The summed E-state index contributed by atoms with van der Waals surface area (Å²) in [5.74, 6) is 2.32. The number of methoxy groups -OCH3 is 1. The fourth-order valence-electron chi connectivity index (χ4n) is 3.42. The van der Waals surface area contributed by atoms with Crippen molar-refractivity contribution in [2.24, 2.45) is 4.99 Å². The van der Waals surface area contributed by atoms with Gasteiger partial charge in [0.25, 0.3) is 0 Å². The van der Waals surface area contributed by atoms with Crippen molar-refractivity contribution in [3.05, 3.63) is 53.2 Å². The fourth-order valence-corrected chi connectivity index (χ4v) is 3.42. The van der Waals surface area contributed by atoms with E-state index in [9.17, 15) is 0 Å². The van der Waals surface area contributed by atoms with Gasteiger partial charge in [0.2, 0.25) is 5.88 Å². The van der Waals surface area contributed by atoms with Crippen molar-refractivity contribution in [3.8, 4) is 11.6 Å². The lowest BCUT2D eigenvalue weighted by molar-refractivity contribution is 0.207. The molecule has 28 heavy (non-hydrogen) atoms. The second kappa shape index (κ2) is 9.97. The Bertz CT molecular complexity index is 801. The van der Waals surface area contributed by atoms with Crippen LogP contribution < -0.4 is 20.1 Å². The molecule has 1 aromatic carbocycles. The van der Waals surface area contributed by atoms with Crippen molar-refractivity contribution < 1.29 is 9.47 Å². The van der Waals surface area contributed by atoms with Gasteiger partial charge in [-0.15, -0.1) is 0 Å². The highest BCUT2D eigenvalue weighted by Gasteiger charge is 2.18. The number of nitrogens with zero attached hydrogens (tertiary/aromatic N) is 2. The molecule has 0 aliphatic heterocycles. The summed E-state index contributed by atoms with van der Waals surface area (Å²) in [4.78, 5) is 8.54. The van der Waals surface area contributed by atoms with E-state index >= 15 is 0 Å². The number of aliphatic imine (C=N–C) groups is 1. The van der Waals surface area contributed by atoms with Crippen molar-refractivity contribution in [1.82, 2.24) is 15.6 Å². The van der Waals surface area contributed by atoms with E-state index in [1.165, 1.54) is 18.4 Å². The van der Waals surface area contributed by atoms with Crippen LogP contribution in [0.4, 0.5) is 0 Å². The average Bonchev–Trinajstić information content (AvgIpc) is 3.22. The number of aryl methyl sites for hydroxylation is 1. The van der Waals surface area contributed by atoms with Crippen LogP contribution in [-0.2, 0) is 13.1 Å². The molecule has 1 fully saturated rings. The van der Waals surface area contributed by atoms with E-state index < -0.39 is 0 Å². The van der Waals surface area contributed by atoms with Crippen LogP contribution in [0, 0.1) is 6.92 Å². The summed E-state index contributed by atoms with van der Waals surface area (Å²) in [6, 6.07) is 10.3. The Hall–Kier alpha value is -2.76. The lowest BCUT2D eigenvalue weighted by atomic mass is 10.1. The van der Waals surface area contributed by atoms with Crippen molar-refractivity contribution in [1.29, 1.82) is 0 Å². The third-order valence-corrected chi connectivity index (χ3v) is 4.98. The number of rotatable bonds is 7. The molecular formula is C22H30N4O2. The number of hydrogen-bond donors (Lipinski definition) is 2. The molecule has 2 N–H and O–H groups in total. The number of hydrogen-bond acceptors (Lipinski definition) is 4. The minimum atomic E-state index is 0.344. The molecule has 6 nitrogen and oxygen atoms in total. The Kier molecular flexibility index (Phi) is 7.12. The lowest BCUT2D eigenvalue weighted by Crippen LogP contribution is -2.36. The minimum Gasteiger partial charge on any atom is -0.490 e. The third-order valence-electron chi connectivity index (χ3n) is 4.98. The van der Waals surface area contributed by atoms with E-state index in [2.05, 4.69) is 45.7 Å². The molecule has 1 saturated carbocycles. The highest BCUT2D eigenvalue weighted by atomic mass is 16.5. The standard InChI is InChI=1S/C22H30N4O2/c1-16-10-11-17(20(13-16)28-19-8-4-5-9-19)14-25-22(23-2)26-15-18-7-6-12-24-21(18)27-3/h6-7,10-13,19H,4-5,8-9,14-15H2,1-3H3,(H2,23,25,26). The Morgan fingerprint density at radius 1 is 1.14 bits per heavy atom. The maximum atomic E-state index is 6.29. The molecular weight excluding hydrogens is 352 g/mol. The van der Waals surface area contributed by atoms with E-state index in [4.69, 9.17) is 9.47 Å². The maximum absolute atomic E-state index is 6.29. The molecule has 1 aliphatic carbocycles. The van der Waals surface area contributed by atoms with E-state index in [1.807, 2.05) is 12.1 Å². The van der Waals surface area contributed by atoms with Crippen LogP contribution in [0.5, 0.6) is 11.6 Å². The number of guanidine groups is 1. The van der Waals surface area contributed by atoms with Gasteiger partial charge in [-0.2, -0.15) is 0 Å². The van der Waals surface area contributed by atoms with Crippen LogP contribution in [0.1, 0.15) is 42.4 Å². The second-order valence-electron chi connectivity index (χ2n) is 7.09. The summed E-state index contributed by atoms with van der Waals surface area (Å²) < 4.78 is 11.6. The van der Waals surface area contributed by atoms with Gasteiger partial charge in [0.15, 0.2) is 5.96 Å². The molecule has 0 saturated heterocycles. The van der Waals surface area contributed by atoms with Crippen LogP contribution in [0.15, 0.2) is 41.5 Å². The first kappa shape index (κ1) is 20.0. The predicted molar refractivity (Wildman–Crippen MR) is 112 cm³/mol. The topological polar surface area (TPSA) is 67.8 Å². The van der Waals surface area contributed by atoms with E-state index in [0.29, 0.717) is 25.1 Å². The number of ether oxygens (including phenoxy) is 2. The Morgan fingerprint density at radius 2 is 1.89 bits per heavy atom. The fraction of sp³-hybridized carbons (Fsp3) is 0.455. The molecule has 150 valence electrons. The van der Waals surface area contributed by atoms with Crippen LogP contribution in [0.3, 0.4) is 0 Å². The smallest absolute Gasteiger partial charge is 0.218 e. The van der Waals surface area contributed by atoms with Gasteiger partial charge in [0, 0.05) is 37.5 Å². The summed E-state index contributed by atoms with van der Waals surface area (Å²) >= 11 is 0. The van der Waals surface area contributed by atoms with Crippen molar-refractivity contribution >= 4 is 5.96 Å².